The third-order valence-electron chi connectivity index (χ3n) is 4.20. The van der Waals surface area contributed by atoms with Gasteiger partial charge in [0.1, 0.15) is 12.4 Å². The summed E-state index contributed by atoms with van der Waals surface area (Å²) in [5, 5.41) is 6.18. The SMILES string of the molecule is COc1cccc(/C=N\NC(=O)C(=O)Nc2ccc(F)cc2)c1OCc1ccc(Br)cc1. The number of hydrogen-bond acceptors (Lipinski definition) is 5. The molecule has 2 N–H and O–H groups in total. The van der Waals surface area contributed by atoms with Gasteiger partial charge in [-0.25, -0.2) is 9.82 Å². The van der Waals surface area contributed by atoms with E-state index >= 15 is 0 Å². The van der Waals surface area contributed by atoms with Crippen molar-refractivity contribution in [3.05, 3.63) is 88.1 Å². The molecule has 0 saturated carbocycles. The van der Waals surface area contributed by atoms with Crippen LogP contribution in [0.2, 0.25) is 0 Å². The molecule has 0 bridgehead atoms. The monoisotopic (exact) mass is 499 g/mol. The third kappa shape index (κ3) is 6.39. The summed E-state index contributed by atoms with van der Waals surface area (Å²) in [6.07, 6.45) is 1.35. The highest BCUT2D eigenvalue weighted by Gasteiger charge is 2.14. The Morgan fingerprint density at radius 1 is 1.03 bits per heavy atom. The standard InChI is InChI=1S/C23H19BrFN3O4/c1-31-20-4-2-3-16(21(20)32-14-15-5-7-17(24)8-6-15)13-26-28-23(30)22(29)27-19-11-9-18(25)10-12-19/h2-13H,14H2,1H3,(H,27,29)(H,28,30)/b26-13-. The van der Waals surface area contributed by atoms with E-state index in [1.54, 1.807) is 18.2 Å². The molecule has 0 heterocycles. The lowest BCUT2D eigenvalue weighted by Crippen LogP contribution is -2.32. The lowest BCUT2D eigenvalue weighted by atomic mass is 10.2. The second-order valence-corrected chi connectivity index (χ2v) is 7.37. The number of anilines is 1. The summed E-state index contributed by atoms with van der Waals surface area (Å²) in [7, 11) is 1.52. The lowest BCUT2D eigenvalue weighted by Gasteiger charge is -2.13. The molecule has 0 radical (unpaired) electrons. The normalized spacial score (nSPS) is 10.6. The number of methoxy groups -OCH3 is 1. The van der Waals surface area contributed by atoms with Gasteiger partial charge in [0.05, 0.1) is 13.3 Å². The van der Waals surface area contributed by atoms with Crippen molar-refractivity contribution < 1.29 is 23.5 Å². The predicted molar refractivity (Wildman–Crippen MR) is 122 cm³/mol. The Morgan fingerprint density at radius 3 is 2.44 bits per heavy atom. The van der Waals surface area contributed by atoms with Gasteiger partial charge in [0.2, 0.25) is 0 Å². The predicted octanol–water partition coefficient (Wildman–Crippen LogP) is 4.26. The van der Waals surface area contributed by atoms with Gasteiger partial charge < -0.3 is 14.8 Å². The maximum atomic E-state index is 12.9. The number of nitrogens with zero attached hydrogens (tertiary/aromatic N) is 1. The Bertz CT molecular complexity index is 1120. The number of carbonyl (C=O) groups is 2. The number of carbonyl (C=O) groups excluding carboxylic acids is 2. The fraction of sp³-hybridized carbons (Fsp3) is 0.0870. The Labute approximate surface area is 192 Å². The smallest absolute Gasteiger partial charge is 0.329 e. The van der Waals surface area contributed by atoms with Crippen LogP contribution in [0.3, 0.4) is 0 Å². The number of halogens is 2. The molecule has 3 aromatic carbocycles. The Hall–Kier alpha value is -3.72. The fourth-order valence-electron chi connectivity index (χ4n) is 2.62. The molecule has 2 amide bonds. The van der Waals surface area contributed by atoms with E-state index in [0.29, 0.717) is 23.7 Å². The Morgan fingerprint density at radius 2 is 1.75 bits per heavy atom. The molecule has 0 aliphatic rings. The number of nitrogens with one attached hydrogen (secondary N) is 2. The van der Waals surface area contributed by atoms with E-state index in [4.69, 9.17) is 9.47 Å². The summed E-state index contributed by atoms with van der Waals surface area (Å²) in [5.74, 6) is -1.44. The first-order valence-corrected chi connectivity index (χ1v) is 10.2. The summed E-state index contributed by atoms with van der Waals surface area (Å²) < 4.78 is 25.2. The van der Waals surface area contributed by atoms with Crippen LogP contribution >= 0.6 is 15.9 Å². The van der Waals surface area contributed by atoms with Crippen molar-refractivity contribution in [3.63, 3.8) is 0 Å². The van der Waals surface area contributed by atoms with Crippen molar-refractivity contribution in [2.45, 2.75) is 6.61 Å². The molecular formula is C23H19BrFN3O4. The number of rotatable bonds is 7. The molecule has 0 spiro atoms. The zero-order valence-corrected chi connectivity index (χ0v) is 18.6. The molecule has 32 heavy (non-hydrogen) atoms. The summed E-state index contributed by atoms with van der Waals surface area (Å²) in [4.78, 5) is 23.9. The van der Waals surface area contributed by atoms with Crippen LogP contribution in [-0.4, -0.2) is 25.1 Å². The first kappa shape index (κ1) is 23.0. The van der Waals surface area contributed by atoms with E-state index in [0.717, 1.165) is 10.0 Å². The minimum Gasteiger partial charge on any atom is -0.493 e. The summed E-state index contributed by atoms with van der Waals surface area (Å²) in [6.45, 7) is 0.293. The van der Waals surface area contributed by atoms with Gasteiger partial charge in [-0.2, -0.15) is 5.10 Å². The molecule has 7 nitrogen and oxygen atoms in total. The molecule has 0 saturated heterocycles. The van der Waals surface area contributed by atoms with Gasteiger partial charge in [-0.1, -0.05) is 34.1 Å². The van der Waals surface area contributed by atoms with Crippen molar-refractivity contribution in [2.75, 3.05) is 12.4 Å². The van der Waals surface area contributed by atoms with Crippen molar-refractivity contribution in [2.24, 2.45) is 5.10 Å². The van der Waals surface area contributed by atoms with Gasteiger partial charge in [0, 0.05) is 15.7 Å². The van der Waals surface area contributed by atoms with Crippen LogP contribution in [0.25, 0.3) is 0 Å². The number of hydrazone groups is 1. The average molecular weight is 500 g/mol. The largest absolute Gasteiger partial charge is 0.493 e. The highest BCUT2D eigenvalue weighted by Crippen LogP contribution is 2.31. The van der Waals surface area contributed by atoms with Crippen LogP contribution < -0.4 is 20.2 Å². The molecule has 164 valence electrons. The topological polar surface area (TPSA) is 89.0 Å². The number of benzene rings is 3. The maximum Gasteiger partial charge on any atom is 0.329 e. The van der Waals surface area contributed by atoms with E-state index in [2.05, 4.69) is 31.8 Å². The summed E-state index contributed by atoms with van der Waals surface area (Å²) in [5.41, 5.74) is 3.93. The molecule has 0 unspecified atom stereocenters. The van der Waals surface area contributed by atoms with E-state index < -0.39 is 17.6 Å². The van der Waals surface area contributed by atoms with E-state index in [1.807, 2.05) is 24.3 Å². The number of amides is 2. The summed E-state index contributed by atoms with van der Waals surface area (Å²) >= 11 is 3.39. The van der Waals surface area contributed by atoms with Gasteiger partial charge in [0.25, 0.3) is 0 Å². The van der Waals surface area contributed by atoms with Gasteiger partial charge in [-0.3, -0.25) is 9.59 Å². The zero-order chi connectivity index (χ0) is 22.9. The first-order chi connectivity index (χ1) is 15.5. The summed E-state index contributed by atoms with van der Waals surface area (Å²) in [6, 6.07) is 17.9. The van der Waals surface area contributed by atoms with E-state index in [9.17, 15) is 14.0 Å². The Balaban J connectivity index is 1.65. The van der Waals surface area contributed by atoms with Gasteiger partial charge >= 0.3 is 11.8 Å². The zero-order valence-electron chi connectivity index (χ0n) is 17.0. The quantitative estimate of drug-likeness (QED) is 0.288. The van der Waals surface area contributed by atoms with Crippen molar-refractivity contribution in [1.82, 2.24) is 5.43 Å². The highest BCUT2D eigenvalue weighted by atomic mass is 79.9. The van der Waals surface area contributed by atoms with E-state index in [-0.39, 0.29) is 5.69 Å². The Kier molecular flexibility index (Phi) is 7.93. The van der Waals surface area contributed by atoms with Crippen LogP contribution in [0, 0.1) is 5.82 Å². The number of ether oxygens (including phenoxy) is 2. The van der Waals surface area contributed by atoms with Crippen LogP contribution in [0.1, 0.15) is 11.1 Å². The van der Waals surface area contributed by atoms with Crippen LogP contribution in [-0.2, 0) is 16.2 Å². The van der Waals surface area contributed by atoms with Crippen molar-refractivity contribution >= 4 is 39.6 Å². The van der Waals surface area contributed by atoms with Crippen LogP contribution in [0.4, 0.5) is 10.1 Å². The number of hydrogen-bond donors (Lipinski definition) is 2. The highest BCUT2D eigenvalue weighted by molar-refractivity contribution is 9.10. The molecule has 0 aromatic heterocycles. The molecule has 0 aliphatic carbocycles. The fourth-order valence-corrected chi connectivity index (χ4v) is 2.88. The minimum absolute atomic E-state index is 0.284. The second kappa shape index (κ2) is 11.1. The first-order valence-electron chi connectivity index (χ1n) is 9.40. The van der Waals surface area contributed by atoms with Crippen molar-refractivity contribution in [1.29, 1.82) is 0 Å². The van der Waals surface area contributed by atoms with E-state index in [1.165, 1.54) is 37.6 Å². The molecular weight excluding hydrogens is 481 g/mol. The minimum atomic E-state index is -0.981. The van der Waals surface area contributed by atoms with Gasteiger partial charge in [-0.15, -0.1) is 0 Å². The van der Waals surface area contributed by atoms with Crippen LogP contribution in [0.5, 0.6) is 11.5 Å². The number of para-hydroxylation sites is 1. The van der Waals surface area contributed by atoms with Crippen molar-refractivity contribution in [3.8, 4) is 11.5 Å². The molecule has 0 atom stereocenters. The average Bonchev–Trinajstić information content (AvgIpc) is 2.80. The third-order valence-corrected chi connectivity index (χ3v) is 4.73. The van der Waals surface area contributed by atoms with Crippen LogP contribution in [0.15, 0.2) is 76.3 Å². The molecule has 3 rings (SSSR count). The molecule has 3 aromatic rings. The maximum absolute atomic E-state index is 12.9. The molecule has 0 fully saturated rings. The lowest BCUT2D eigenvalue weighted by molar-refractivity contribution is -0.136. The van der Waals surface area contributed by atoms with Gasteiger partial charge in [-0.05, 0) is 54.1 Å². The second-order valence-electron chi connectivity index (χ2n) is 6.45. The molecule has 9 heteroatoms. The molecule has 0 aliphatic heterocycles. The van der Waals surface area contributed by atoms with Gasteiger partial charge in [0.15, 0.2) is 11.5 Å².